The minimum Gasteiger partial charge on any atom is -0.353 e. The first-order valence-electron chi connectivity index (χ1n) is 9.12. The van der Waals surface area contributed by atoms with Crippen LogP contribution >= 0.6 is 11.6 Å². The van der Waals surface area contributed by atoms with Crippen LogP contribution in [0.5, 0.6) is 0 Å². The van der Waals surface area contributed by atoms with Gasteiger partial charge in [0.25, 0.3) is 0 Å². The lowest BCUT2D eigenvalue weighted by molar-refractivity contribution is -0.122. The number of hydrogen-bond donors (Lipinski definition) is 1. The van der Waals surface area contributed by atoms with Crippen LogP contribution < -0.4 is 5.32 Å². The Morgan fingerprint density at radius 3 is 2.42 bits per heavy atom. The van der Waals surface area contributed by atoms with Gasteiger partial charge in [-0.15, -0.1) is 0 Å². The van der Waals surface area contributed by atoms with Crippen molar-refractivity contribution in [1.29, 1.82) is 0 Å². The Morgan fingerprint density at radius 2 is 1.77 bits per heavy atom. The van der Waals surface area contributed by atoms with Gasteiger partial charge in [-0.05, 0) is 37.6 Å². The van der Waals surface area contributed by atoms with Gasteiger partial charge < -0.3 is 5.32 Å². The van der Waals surface area contributed by atoms with Gasteiger partial charge in [0.05, 0.1) is 24.1 Å². The van der Waals surface area contributed by atoms with E-state index in [1.165, 1.54) is 0 Å². The molecule has 2 heterocycles. The minimum absolute atomic E-state index is 0.0666. The van der Waals surface area contributed by atoms with Crippen molar-refractivity contribution >= 4 is 27.3 Å². The maximum atomic E-state index is 12.4. The van der Waals surface area contributed by atoms with Crippen LogP contribution in [0.1, 0.15) is 24.4 Å². The number of benzene rings is 1. The van der Waals surface area contributed by atoms with Gasteiger partial charge in [-0.3, -0.25) is 14.6 Å². The van der Waals surface area contributed by atoms with E-state index in [0.29, 0.717) is 19.6 Å². The molecule has 1 N–H and O–H groups in total. The van der Waals surface area contributed by atoms with Gasteiger partial charge in [0.15, 0.2) is 9.84 Å². The van der Waals surface area contributed by atoms with Gasteiger partial charge in [0.1, 0.15) is 0 Å². The molecule has 0 aliphatic carbocycles. The van der Waals surface area contributed by atoms with Crippen LogP contribution in [-0.4, -0.2) is 74.9 Å². The highest BCUT2D eigenvalue weighted by molar-refractivity contribution is 7.91. The molecule has 1 amide bonds. The average molecular weight is 400 g/mol. The minimum atomic E-state index is -2.92. The molecule has 2 saturated heterocycles. The van der Waals surface area contributed by atoms with E-state index >= 15 is 0 Å². The standard InChI is InChI=1S/C18H26ClN3O3S/c19-16-6-2-1-5-15(16)17(22-7-3-4-8-22)13-20-18(23)14-21-9-11-26(24,25)12-10-21/h1-2,5-6,17H,3-4,7-14H2,(H,20,23). The lowest BCUT2D eigenvalue weighted by Gasteiger charge is -2.30. The van der Waals surface area contributed by atoms with Crippen LogP contribution in [0, 0.1) is 0 Å². The van der Waals surface area contributed by atoms with Crippen molar-refractivity contribution in [3.63, 3.8) is 0 Å². The largest absolute Gasteiger partial charge is 0.353 e. The first-order chi connectivity index (χ1) is 12.4. The number of likely N-dealkylation sites (tertiary alicyclic amines) is 1. The van der Waals surface area contributed by atoms with E-state index in [1.807, 2.05) is 29.2 Å². The lowest BCUT2D eigenvalue weighted by Crippen LogP contribution is -2.46. The van der Waals surface area contributed by atoms with Gasteiger partial charge in [-0.1, -0.05) is 29.8 Å². The van der Waals surface area contributed by atoms with Crippen molar-refractivity contribution in [2.75, 3.05) is 50.8 Å². The third-order valence-corrected chi connectivity index (χ3v) is 7.10. The summed E-state index contributed by atoms with van der Waals surface area (Å²) in [6.07, 6.45) is 2.33. The molecule has 0 spiro atoms. The van der Waals surface area contributed by atoms with Crippen molar-refractivity contribution < 1.29 is 13.2 Å². The highest BCUT2D eigenvalue weighted by Gasteiger charge is 2.27. The maximum Gasteiger partial charge on any atom is 0.234 e. The zero-order valence-corrected chi connectivity index (χ0v) is 16.4. The summed E-state index contributed by atoms with van der Waals surface area (Å²) < 4.78 is 23.0. The Morgan fingerprint density at radius 1 is 1.12 bits per heavy atom. The molecule has 2 aliphatic rings. The highest BCUT2D eigenvalue weighted by Crippen LogP contribution is 2.29. The maximum absolute atomic E-state index is 12.4. The molecule has 1 atom stereocenters. The summed E-state index contributed by atoms with van der Waals surface area (Å²) in [5, 5.41) is 3.75. The summed E-state index contributed by atoms with van der Waals surface area (Å²) in [6, 6.07) is 7.86. The van der Waals surface area contributed by atoms with Gasteiger partial charge in [0, 0.05) is 24.7 Å². The molecule has 3 rings (SSSR count). The second kappa shape index (κ2) is 8.69. The van der Waals surface area contributed by atoms with Gasteiger partial charge in [0.2, 0.25) is 5.91 Å². The van der Waals surface area contributed by atoms with E-state index in [9.17, 15) is 13.2 Å². The Kier molecular flexibility index (Phi) is 6.55. The van der Waals surface area contributed by atoms with Crippen molar-refractivity contribution in [2.45, 2.75) is 18.9 Å². The molecule has 2 fully saturated rings. The molecule has 6 nitrogen and oxygen atoms in total. The Hall–Kier alpha value is -1.15. The van der Waals surface area contributed by atoms with Crippen LogP contribution in [0.25, 0.3) is 0 Å². The molecular formula is C18H26ClN3O3S. The van der Waals surface area contributed by atoms with Gasteiger partial charge in [-0.25, -0.2) is 8.42 Å². The van der Waals surface area contributed by atoms with E-state index in [-0.39, 0.29) is 30.0 Å². The quantitative estimate of drug-likeness (QED) is 0.781. The number of amides is 1. The summed E-state index contributed by atoms with van der Waals surface area (Å²) in [4.78, 5) is 16.6. The molecule has 144 valence electrons. The topological polar surface area (TPSA) is 69.7 Å². The van der Waals surface area contributed by atoms with Crippen molar-refractivity contribution in [3.8, 4) is 0 Å². The number of halogens is 1. The van der Waals surface area contributed by atoms with E-state index in [2.05, 4.69) is 10.2 Å². The molecule has 0 aromatic heterocycles. The van der Waals surface area contributed by atoms with Crippen LogP contribution in [0.4, 0.5) is 0 Å². The number of hydrogen-bond acceptors (Lipinski definition) is 5. The van der Waals surface area contributed by atoms with Crippen LogP contribution in [0.15, 0.2) is 24.3 Å². The number of nitrogens with zero attached hydrogens (tertiary/aromatic N) is 2. The van der Waals surface area contributed by atoms with Crippen molar-refractivity contribution in [2.24, 2.45) is 0 Å². The second-order valence-corrected chi connectivity index (χ2v) is 9.72. The molecule has 8 heteroatoms. The zero-order chi connectivity index (χ0) is 18.6. The first kappa shape index (κ1) is 19.6. The number of sulfone groups is 1. The van der Waals surface area contributed by atoms with Crippen LogP contribution in [0.2, 0.25) is 5.02 Å². The predicted molar refractivity (Wildman–Crippen MR) is 103 cm³/mol. The van der Waals surface area contributed by atoms with E-state index < -0.39 is 9.84 Å². The summed E-state index contributed by atoms with van der Waals surface area (Å²) in [7, 11) is -2.92. The lowest BCUT2D eigenvalue weighted by atomic mass is 10.1. The smallest absolute Gasteiger partial charge is 0.234 e. The Labute approximate surface area is 160 Å². The monoisotopic (exact) mass is 399 g/mol. The second-order valence-electron chi connectivity index (χ2n) is 7.01. The fraction of sp³-hybridized carbons (Fsp3) is 0.611. The van der Waals surface area contributed by atoms with Crippen LogP contribution in [0.3, 0.4) is 0 Å². The summed E-state index contributed by atoms with van der Waals surface area (Å²) in [5.74, 6) is 0.202. The SMILES string of the molecule is O=C(CN1CCS(=O)(=O)CC1)NCC(c1ccccc1Cl)N1CCCC1. The fourth-order valence-electron chi connectivity index (χ4n) is 3.61. The molecular weight excluding hydrogens is 374 g/mol. The Bertz CT molecular complexity index is 721. The van der Waals surface area contributed by atoms with E-state index in [4.69, 9.17) is 11.6 Å². The zero-order valence-electron chi connectivity index (χ0n) is 14.9. The summed E-state index contributed by atoms with van der Waals surface area (Å²) in [5.41, 5.74) is 1.04. The van der Waals surface area contributed by atoms with E-state index in [0.717, 1.165) is 36.5 Å². The molecule has 0 radical (unpaired) electrons. The van der Waals surface area contributed by atoms with Gasteiger partial charge >= 0.3 is 0 Å². The first-order valence-corrected chi connectivity index (χ1v) is 11.3. The third kappa shape index (κ3) is 5.19. The van der Waals surface area contributed by atoms with E-state index in [1.54, 1.807) is 0 Å². The summed E-state index contributed by atoms with van der Waals surface area (Å²) >= 11 is 6.39. The molecule has 1 aromatic rings. The Balaban J connectivity index is 1.57. The number of carbonyl (C=O) groups is 1. The number of rotatable bonds is 6. The molecule has 26 heavy (non-hydrogen) atoms. The molecule has 0 saturated carbocycles. The molecule has 1 unspecified atom stereocenters. The summed E-state index contributed by atoms with van der Waals surface area (Å²) in [6.45, 7) is 3.62. The van der Waals surface area contributed by atoms with Crippen molar-refractivity contribution in [1.82, 2.24) is 15.1 Å². The highest BCUT2D eigenvalue weighted by atomic mass is 35.5. The number of carbonyl (C=O) groups excluding carboxylic acids is 1. The molecule has 1 aromatic carbocycles. The molecule has 2 aliphatic heterocycles. The third-order valence-electron chi connectivity index (χ3n) is 5.14. The number of nitrogens with one attached hydrogen (secondary N) is 1. The van der Waals surface area contributed by atoms with Crippen molar-refractivity contribution in [3.05, 3.63) is 34.9 Å². The average Bonchev–Trinajstić information content (AvgIpc) is 3.13. The fourth-order valence-corrected chi connectivity index (χ4v) is 5.15. The molecule has 0 bridgehead atoms. The predicted octanol–water partition coefficient (Wildman–Crippen LogP) is 1.32. The van der Waals surface area contributed by atoms with Crippen LogP contribution in [-0.2, 0) is 14.6 Å². The van der Waals surface area contributed by atoms with Gasteiger partial charge in [-0.2, -0.15) is 0 Å². The normalized spacial score (nSPS) is 22.2.